The second-order valence-corrected chi connectivity index (χ2v) is 5.48. The van der Waals surface area contributed by atoms with Crippen LogP contribution in [-0.2, 0) is 9.59 Å². The number of aliphatic hydroxyl groups excluding tert-OH is 1. The number of esters is 1. The molecule has 27 heavy (non-hydrogen) atoms. The van der Waals surface area contributed by atoms with Crippen LogP contribution in [0.1, 0.15) is 38.4 Å². The smallest absolute Gasteiger partial charge is 0.337 e. The lowest BCUT2D eigenvalue weighted by Gasteiger charge is -2.07. The Morgan fingerprint density at radius 2 is 1.52 bits per heavy atom. The standard InChI is InChI=1S/C11H14O4.C9H10O3/c1-2-7-15-9-5-3-8(4-6-9)10(12)11(13)14;1-2-9(11)12-8-5-3-7(10)4-6-8/h3-6,10,12H,2,7H2,1H3,(H,13,14);3-6,10H,2H2,1H3. The van der Waals surface area contributed by atoms with E-state index in [0.717, 1.165) is 6.42 Å². The van der Waals surface area contributed by atoms with Crippen LogP contribution in [0.2, 0.25) is 0 Å². The summed E-state index contributed by atoms with van der Waals surface area (Å²) in [7, 11) is 0. The number of carbonyl (C=O) groups excluding carboxylic acids is 1. The SMILES string of the molecule is CCC(=O)Oc1ccc(O)cc1.CCCOc1ccc(C(O)C(=O)O)cc1. The minimum absolute atomic E-state index is 0.159. The molecule has 0 amide bonds. The van der Waals surface area contributed by atoms with Gasteiger partial charge >= 0.3 is 11.9 Å². The van der Waals surface area contributed by atoms with Gasteiger partial charge in [-0.3, -0.25) is 4.79 Å². The maximum atomic E-state index is 10.8. The van der Waals surface area contributed by atoms with Crippen LogP contribution < -0.4 is 9.47 Å². The van der Waals surface area contributed by atoms with Crippen LogP contribution in [0.4, 0.5) is 0 Å². The molecule has 3 N–H and O–H groups in total. The third kappa shape index (κ3) is 8.24. The molecule has 0 bridgehead atoms. The molecular formula is C20H24O7. The average molecular weight is 376 g/mol. The molecule has 0 saturated carbocycles. The summed E-state index contributed by atoms with van der Waals surface area (Å²) in [6.07, 6.45) is -0.203. The minimum Gasteiger partial charge on any atom is -0.508 e. The van der Waals surface area contributed by atoms with Gasteiger partial charge < -0.3 is 24.8 Å². The van der Waals surface area contributed by atoms with Crippen molar-refractivity contribution in [2.24, 2.45) is 0 Å². The number of benzene rings is 2. The molecule has 0 aromatic heterocycles. The van der Waals surface area contributed by atoms with E-state index >= 15 is 0 Å². The Morgan fingerprint density at radius 1 is 0.963 bits per heavy atom. The van der Waals surface area contributed by atoms with Crippen molar-refractivity contribution >= 4 is 11.9 Å². The molecule has 0 spiro atoms. The summed E-state index contributed by atoms with van der Waals surface area (Å²) in [6, 6.07) is 12.4. The van der Waals surface area contributed by atoms with Gasteiger partial charge in [0.1, 0.15) is 17.2 Å². The van der Waals surface area contributed by atoms with Crippen LogP contribution in [0.3, 0.4) is 0 Å². The summed E-state index contributed by atoms with van der Waals surface area (Å²) in [5.74, 6) is -0.234. The predicted octanol–water partition coefficient (Wildman–Crippen LogP) is 3.30. The number of ether oxygens (including phenoxy) is 2. The molecule has 0 saturated heterocycles. The number of hydrogen-bond acceptors (Lipinski definition) is 6. The zero-order valence-electron chi connectivity index (χ0n) is 15.3. The van der Waals surface area contributed by atoms with E-state index < -0.39 is 12.1 Å². The molecule has 2 aromatic carbocycles. The van der Waals surface area contributed by atoms with E-state index in [0.29, 0.717) is 30.1 Å². The highest BCUT2D eigenvalue weighted by Crippen LogP contribution is 2.18. The van der Waals surface area contributed by atoms with Crippen LogP contribution in [0.5, 0.6) is 17.2 Å². The van der Waals surface area contributed by atoms with Crippen molar-refractivity contribution in [3.8, 4) is 17.2 Å². The van der Waals surface area contributed by atoms with Crippen molar-refractivity contribution in [3.63, 3.8) is 0 Å². The number of rotatable bonds is 7. The van der Waals surface area contributed by atoms with Gasteiger partial charge in [0, 0.05) is 6.42 Å². The van der Waals surface area contributed by atoms with E-state index in [1.165, 1.54) is 12.1 Å². The van der Waals surface area contributed by atoms with E-state index in [9.17, 15) is 14.7 Å². The van der Waals surface area contributed by atoms with Crippen LogP contribution in [0.15, 0.2) is 48.5 Å². The van der Waals surface area contributed by atoms with Crippen molar-refractivity contribution < 1.29 is 34.4 Å². The number of aromatic hydroxyl groups is 1. The highest BCUT2D eigenvalue weighted by molar-refractivity contribution is 5.74. The van der Waals surface area contributed by atoms with Crippen LogP contribution in [-0.4, -0.2) is 33.9 Å². The Balaban J connectivity index is 0.000000277. The van der Waals surface area contributed by atoms with E-state index in [2.05, 4.69) is 0 Å². The fourth-order valence-electron chi connectivity index (χ4n) is 1.83. The lowest BCUT2D eigenvalue weighted by Crippen LogP contribution is -2.10. The third-order valence-corrected chi connectivity index (χ3v) is 3.26. The average Bonchev–Trinajstić information content (AvgIpc) is 2.68. The van der Waals surface area contributed by atoms with Gasteiger partial charge in [-0.25, -0.2) is 4.79 Å². The van der Waals surface area contributed by atoms with Crippen molar-refractivity contribution in [3.05, 3.63) is 54.1 Å². The molecule has 1 unspecified atom stereocenters. The molecule has 7 heteroatoms. The first kappa shape index (κ1) is 22.0. The zero-order chi connectivity index (χ0) is 20.2. The van der Waals surface area contributed by atoms with E-state index in [-0.39, 0.29) is 11.7 Å². The number of phenols is 1. The highest BCUT2D eigenvalue weighted by atomic mass is 16.5. The monoisotopic (exact) mass is 376 g/mol. The Morgan fingerprint density at radius 3 is 2.00 bits per heavy atom. The molecule has 2 aromatic rings. The molecule has 0 fully saturated rings. The topological polar surface area (TPSA) is 113 Å². The number of aliphatic hydroxyl groups is 1. The molecule has 0 aliphatic heterocycles. The van der Waals surface area contributed by atoms with Crippen LogP contribution in [0, 0.1) is 0 Å². The van der Waals surface area contributed by atoms with Gasteiger partial charge in [-0.15, -0.1) is 0 Å². The lowest BCUT2D eigenvalue weighted by molar-refractivity contribution is -0.147. The molecule has 1 atom stereocenters. The van der Waals surface area contributed by atoms with Gasteiger partial charge in [0.15, 0.2) is 6.10 Å². The van der Waals surface area contributed by atoms with Gasteiger partial charge in [-0.05, 0) is 48.4 Å². The number of aliphatic carboxylic acids is 1. The lowest BCUT2D eigenvalue weighted by atomic mass is 10.1. The van der Waals surface area contributed by atoms with Crippen LogP contribution >= 0.6 is 0 Å². The maximum absolute atomic E-state index is 10.8. The molecule has 0 aliphatic carbocycles. The summed E-state index contributed by atoms with van der Waals surface area (Å²) < 4.78 is 10.2. The molecule has 7 nitrogen and oxygen atoms in total. The second-order valence-electron chi connectivity index (χ2n) is 5.48. The van der Waals surface area contributed by atoms with Crippen molar-refractivity contribution in [1.29, 1.82) is 0 Å². The molecule has 146 valence electrons. The maximum Gasteiger partial charge on any atom is 0.337 e. The molecule has 0 radical (unpaired) electrons. The Kier molecular flexibility index (Phi) is 9.39. The summed E-state index contributed by atoms with van der Waals surface area (Å²) in [5.41, 5.74) is 0.353. The fraction of sp³-hybridized carbons (Fsp3) is 0.300. The number of carboxylic acids is 1. The minimum atomic E-state index is -1.47. The number of phenolic OH excluding ortho intramolecular Hbond substituents is 1. The molecule has 2 rings (SSSR count). The van der Waals surface area contributed by atoms with Gasteiger partial charge in [-0.1, -0.05) is 26.0 Å². The van der Waals surface area contributed by atoms with Crippen molar-refractivity contribution in [2.45, 2.75) is 32.8 Å². The zero-order valence-corrected chi connectivity index (χ0v) is 15.3. The molecule has 0 aliphatic rings. The van der Waals surface area contributed by atoms with Gasteiger partial charge in [0.05, 0.1) is 6.61 Å². The highest BCUT2D eigenvalue weighted by Gasteiger charge is 2.15. The van der Waals surface area contributed by atoms with E-state index in [1.807, 2.05) is 6.92 Å². The first-order chi connectivity index (χ1) is 12.9. The normalized spacial score (nSPS) is 10.9. The molecule has 0 heterocycles. The summed E-state index contributed by atoms with van der Waals surface area (Å²) in [6.45, 7) is 4.35. The quantitative estimate of drug-likeness (QED) is 0.502. The van der Waals surface area contributed by atoms with Gasteiger partial charge in [-0.2, -0.15) is 0 Å². The van der Waals surface area contributed by atoms with E-state index in [1.54, 1.807) is 43.3 Å². The summed E-state index contributed by atoms with van der Waals surface area (Å²) in [4.78, 5) is 21.3. The van der Waals surface area contributed by atoms with Gasteiger partial charge in [0.25, 0.3) is 0 Å². The first-order valence-electron chi connectivity index (χ1n) is 8.50. The Bertz CT molecular complexity index is 708. The summed E-state index contributed by atoms with van der Waals surface area (Å²) >= 11 is 0. The number of carbonyl (C=O) groups is 2. The second kappa shape index (κ2) is 11.5. The third-order valence-electron chi connectivity index (χ3n) is 3.26. The first-order valence-corrected chi connectivity index (χ1v) is 8.50. The number of carboxylic acid groups (broad SMARTS) is 1. The Labute approximate surface area is 157 Å². The van der Waals surface area contributed by atoms with Gasteiger partial charge in [0.2, 0.25) is 0 Å². The fourth-order valence-corrected chi connectivity index (χ4v) is 1.83. The largest absolute Gasteiger partial charge is 0.508 e. The molecular weight excluding hydrogens is 352 g/mol. The Hall–Kier alpha value is -3.06. The predicted molar refractivity (Wildman–Crippen MR) is 98.9 cm³/mol. The van der Waals surface area contributed by atoms with Crippen LogP contribution in [0.25, 0.3) is 0 Å². The van der Waals surface area contributed by atoms with E-state index in [4.69, 9.17) is 19.7 Å². The van der Waals surface area contributed by atoms with Crippen molar-refractivity contribution in [2.75, 3.05) is 6.61 Å². The summed E-state index contributed by atoms with van der Waals surface area (Å²) in [5, 5.41) is 26.7. The number of hydrogen-bond donors (Lipinski definition) is 3. The van der Waals surface area contributed by atoms with Crippen molar-refractivity contribution in [1.82, 2.24) is 0 Å².